The van der Waals surface area contributed by atoms with E-state index in [4.69, 9.17) is 4.74 Å². The number of ether oxygens (including phenoxy) is 1. The molecule has 2 N–H and O–H groups in total. The van der Waals surface area contributed by atoms with E-state index in [1.165, 1.54) is 4.72 Å². The van der Waals surface area contributed by atoms with Gasteiger partial charge >= 0.3 is 15.5 Å². The Balaban J connectivity index is 2.61. The van der Waals surface area contributed by atoms with Crippen LogP contribution in [0.1, 0.15) is 6.92 Å². The van der Waals surface area contributed by atoms with Gasteiger partial charge in [0.05, 0.1) is 0 Å². The van der Waals surface area contributed by atoms with E-state index in [9.17, 15) is 21.6 Å². The monoisotopic (exact) mass is 234 g/mol. The third-order valence-corrected chi connectivity index (χ3v) is 2.73. The first-order chi connectivity index (χ1) is 6.22. The molecule has 14 heavy (non-hydrogen) atoms. The van der Waals surface area contributed by atoms with Gasteiger partial charge in [-0.3, -0.25) is 5.32 Å². The number of hydrogen-bond acceptors (Lipinski definition) is 4. The topological polar surface area (TPSA) is 67.4 Å². The van der Waals surface area contributed by atoms with Crippen molar-refractivity contribution in [2.24, 2.45) is 0 Å². The SMILES string of the molecule is C[C@H]1NCC(NS(=O)(=O)C(F)(F)F)O1. The van der Waals surface area contributed by atoms with Crippen LogP contribution in [0.5, 0.6) is 0 Å². The molecule has 1 fully saturated rings. The molecule has 0 aromatic rings. The lowest BCUT2D eigenvalue weighted by Gasteiger charge is -2.13. The molecule has 0 aromatic heterocycles. The lowest BCUT2D eigenvalue weighted by atomic mass is 10.6. The molecule has 2 atom stereocenters. The van der Waals surface area contributed by atoms with Crippen LogP contribution in [-0.4, -0.2) is 32.9 Å². The minimum absolute atomic E-state index is 0.0104. The second-order valence-corrected chi connectivity index (χ2v) is 4.45. The predicted molar refractivity (Wildman–Crippen MR) is 40.4 cm³/mol. The van der Waals surface area contributed by atoms with Crippen LogP contribution in [0, 0.1) is 0 Å². The molecule has 5 nitrogen and oxygen atoms in total. The van der Waals surface area contributed by atoms with Crippen LogP contribution < -0.4 is 10.0 Å². The molecule has 84 valence electrons. The average Bonchev–Trinajstić information content (AvgIpc) is 2.31. The van der Waals surface area contributed by atoms with Crippen molar-refractivity contribution in [3.05, 3.63) is 0 Å². The molecule has 0 saturated carbocycles. The van der Waals surface area contributed by atoms with Crippen LogP contribution in [0.4, 0.5) is 13.2 Å². The summed E-state index contributed by atoms with van der Waals surface area (Å²) in [5.41, 5.74) is -5.30. The molecule has 0 radical (unpaired) electrons. The summed E-state index contributed by atoms with van der Waals surface area (Å²) < 4.78 is 62.9. The number of alkyl halides is 3. The maximum absolute atomic E-state index is 11.9. The van der Waals surface area contributed by atoms with Crippen molar-refractivity contribution in [3.63, 3.8) is 0 Å². The van der Waals surface area contributed by atoms with Gasteiger partial charge in [0.2, 0.25) is 0 Å². The lowest BCUT2D eigenvalue weighted by Crippen LogP contribution is -2.44. The molecule has 1 aliphatic heterocycles. The van der Waals surface area contributed by atoms with Crippen LogP contribution in [0.25, 0.3) is 0 Å². The van der Waals surface area contributed by atoms with E-state index >= 15 is 0 Å². The van der Waals surface area contributed by atoms with Gasteiger partial charge in [0, 0.05) is 6.54 Å². The molecule has 9 heteroatoms. The minimum atomic E-state index is -5.32. The van der Waals surface area contributed by atoms with Gasteiger partial charge in [0.25, 0.3) is 0 Å². The number of nitrogens with one attached hydrogen (secondary N) is 2. The van der Waals surface area contributed by atoms with Gasteiger partial charge in [-0.1, -0.05) is 0 Å². The fourth-order valence-corrected chi connectivity index (χ4v) is 1.54. The first kappa shape index (κ1) is 11.7. The molecular formula is C5H9F3N2O3S. The largest absolute Gasteiger partial charge is 0.511 e. The highest BCUT2D eigenvalue weighted by molar-refractivity contribution is 7.90. The first-order valence-corrected chi connectivity index (χ1v) is 5.18. The van der Waals surface area contributed by atoms with Crippen LogP contribution >= 0.6 is 0 Å². The molecule has 0 spiro atoms. The lowest BCUT2D eigenvalue weighted by molar-refractivity contribution is -0.0476. The first-order valence-electron chi connectivity index (χ1n) is 3.70. The summed E-state index contributed by atoms with van der Waals surface area (Å²) in [5.74, 6) is 0. The average molecular weight is 234 g/mol. The summed E-state index contributed by atoms with van der Waals surface area (Å²) in [6.07, 6.45) is -1.63. The molecule has 0 aliphatic carbocycles. The maximum atomic E-state index is 11.9. The summed E-state index contributed by atoms with van der Waals surface area (Å²) in [6, 6.07) is 0. The Kier molecular flexibility index (Phi) is 3.04. The van der Waals surface area contributed by atoms with Crippen molar-refractivity contribution < 1.29 is 26.3 Å². The summed E-state index contributed by atoms with van der Waals surface area (Å²) in [4.78, 5) is 0. The quantitative estimate of drug-likeness (QED) is 0.689. The van der Waals surface area contributed by atoms with Crippen molar-refractivity contribution in [1.29, 1.82) is 0 Å². The van der Waals surface area contributed by atoms with Gasteiger partial charge in [0.15, 0.2) is 0 Å². The second kappa shape index (κ2) is 3.65. The van der Waals surface area contributed by atoms with Crippen LogP contribution in [0.15, 0.2) is 0 Å². The van der Waals surface area contributed by atoms with E-state index < -0.39 is 28.0 Å². The molecule has 1 saturated heterocycles. The summed E-state index contributed by atoms with van der Waals surface area (Å²) in [7, 11) is -5.32. The third-order valence-electron chi connectivity index (χ3n) is 1.55. The van der Waals surface area contributed by atoms with Crippen molar-refractivity contribution in [2.75, 3.05) is 6.54 Å². The number of hydrogen-bond donors (Lipinski definition) is 2. The van der Waals surface area contributed by atoms with Crippen molar-refractivity contribution in [3.8, 4) is 0 Å². The Hall–Kier alpha value is -0.380. The van der Waals surface area contributed by atoms with E-state index in [1.54, 1.807) is 6.92 Å². The van der Waals surface area contributed by atoms with E-state index in [-0.39, 0.29) is 6.54 Å². The zero-order valence-electron chi connectivity index (χ0n) is 7.13. The van der Waals surface area contributed by atoms with E-state index in [1.807, 2.05) is 0 Å². The van der Waals surface area contributed by atoms with Gasteiger partial charge in [0.1, 0.15) is 12.5 Å². The second-order valence-electron chi connectivity index (χ2n) is 2.74. The van der Waals surface area contributed by atoms with Crippen LogP contribution in [0.3, 0.4) is 0 Å². The highest BCUT2D eigenvalue weighted by Crippen LogP contribution is 2.22. The molecule has 0 bridgehead atoms. The third kappa shape index (κ3) is 2.56. The van der Waals surface area contributed by atoms with Crippen molar-refractivity contribution >= 4 is 10.0 Å². The zero-order valence-corrected chi connectivity index (χ0v) is 7.95. The smallest absolute Gasteiger partial charge is 0.343 e. The summed E-state index contributed by atoms with van der Waals surface area (Å²) in [6.45, 7) is 1.57. The minimum Gasteiger partial charge on any atom is -0.343 e. The zero-order chi connectivity index (χ0) is 11.0. The predicted octanol–water partition coefficient (Wildman–Crippen LogP) is -0.282. The van der Waals surface area contributed by atoms with Gasteiger partial charge < -0.3 is 4.74 Å². The summed E-state index contributed by atoms with van der Waals surface area (Å²) in [5, 5.41) is 2.63. The van der Waals surface area contributed by atoms with E-state index in [0.29, 0.717) is 0 Å². The Labute approximate surface area is 78.7 Å². The Morgan fingerprint density at radius 1 is 1.50 bits per heavy atom. The van der Waals surface area contributed by atoms with Gasteiger partial charge in [-0.15, -0.1) is 0 Å². The van der Waals surface area contributed by atoms with Crippen LogP contribution in [-0.2, 0) is 14.8 Å². The van der Waals surface area contributed by atoms with E-state index in [2.05, 4.69) is 5.32 Å². The molecule has 1 unspecified atom stereocenters. The highest BCUT2D eigenvalue weighted by atomic mass is 32.2. The fourth-order valence-electron chi connectivity index (χ4n) is 0.925. The number of sulfonamides is 1. The standard InChI is InChI=1S/C5H9F3N2O3S/c1-3-9-2-4(13-3)10-14(11,12)5(6,7)8/h3-4,9-10H,2H2,1H3/t3-,4?/m0/s1. The molecule has 0 amide bonds. The Morgan fingerprint density at radius 2 is 2.07 bits per heavy atom. The van der Waals surface area contributed by atoms with Crippen molar-refractivity contribution in [1.82, 2.24) is 10.0 Å². The fraction of sp³-hybridized carbons (Fsp3) is 1.00. The number of rotatable bonds is 2. The maximum Gasteiger partial charge on any atom is 0.511 e. The number of halogens is 3. The normalized spacial score (nSPS) is 29.4. The molecule has 0 aromatic carbocycles. The molecule has 1 heterocycles. The van der Waals surface area contributed by atoms with E-state index in [0.717, 1.165) is 0 Å². The molecule has 1 rings (SSSR count). The van der Waals surface area contributed by atoms with Gasteiger partial charge in [-0.05, 0) is 6.92 Å². The van der Waals surface area contributed by atoms with Crippen molar-refractivity contribution in [2.45, 2.75) is 24.9 Å². The Bertz CT molecular complexity index is 302. The van der Waals surface area contributed by atoms with Gasteiger partial charge in [-0.25, -0.2) is 8.42 Å². The molecule has 1 aliphatic rings. The Morgan fingerprint density at radius 3 is 2.43 bits per heavy atom. The summed E-state index contributed by atoms with van der Waals surface area (Å²) >= 11 is 0. The van der Waals surface area contributed by atoms with Crippen LogP contribution in [0.2, 0.25) is 0 Å². The highest BCUT2D eigenvalue weighted by Gasteiger charge is 2.47. The van der Waals surface area contributed by atoms with Gasteiger partial charge in [-0.2, -0.15) is 17.9 Å². The molecular weight excluding hydrogens is 225 g/mol.